The van der Waals surface area contributed by atoms with E-state index in [0.717, 1.165) is 24.1 Å². The molecule has 3 nitrogen and oxygen atoms in total. The van der Waals surface area contributed by atoms with Crippen molar-refractivity contribution in [2.45, 2.75) is 51.9 Å². The highest BCUT2D eigenvalue weighted by atomic mass is 35.5. The fourth-order valence-electron chi connectivity index (χ4n) is 2.49. The summed E-state index contributed by atoms with van der Waals surface area (Å²) >= 11 is 6.14. The van der Waals surface area contributed by atoms with E-state index in [1.807, 2.05) is 0 Å². The van der Waals surface area contributed by atoms with Crippen molar-refractivity contribution in [3.8, 4) is 0 Å². The molecule has 0 saturated heterocycles. The second-order valence-corrected chi connectivity index (χ2v) is 5.71. The Bertz CT molecular complexity index is 525. The number of fused-ring (bicyclic) bond motifs is 1. The van der Waals surface area contributed by atoms with Crippen LogP contribution < -0.4 is 5.32 Å². The first-order valence-corrected chi connectivity index (χ1v) is 7.65. The van der Waals surface area contributed by atoms with Crippen LogP contribution in [0.4, 0.5) is 5.69 Å². The Morgan fingerprint density at radius 1 is 1.25 bits per heavy atom. The average Bonchev–Trinajstić information content (AvgIpc) is 2.76. The van der Waals surface area contributed by atoms with Crippen molar-refractivity contribution in [2.24, 2.45) is 0 Å². The van der Waals surface area contributed by atoms with Crippen LogP contribution in [0.15, 0.2) is 12.1 Å². The lowest BCUT2D eigenvalue weighted by Crippen LogP contribution is -2.03. The van der Waals surface area contributed by atoms with E-state index in [1.54, 1.807) is 12.1 Å². The summed E-state index contributed by atoms with van der Waals surface area (Å²) in [6.07, 6.45) is 6.46. The minimum Gasteiger partial charge on any atom is -0.325 e. The quantitative estimate of drug-likeness (QED) is 0.599. The normalized spacial score (nSPS) is 13.2. The third-order valence-corrected chi connectivity index (χ3v) is 3.94. The van der Waals surface area contributed by atoms with E-state index in [1.165, 1.54) is 19.3 Å². The van der Waals surface area contributed by atoms with Gasteiger partial charge in [0.15, 0.2) is 5.78 Å². The maximum absolute atomic E-state index is 12.2. The molecule has 1 aliphatic rings. The SMILES string of the molecule is CCCCCCCC(=O)c1cc2c(cc1Cl)NC(=O)C2. The maximum atomic E-state index is 12.2. The van der Waals surface area contributed by atoms with Crippen molar-refractivity contribution in [3.05, 3.63) is 28.3 Å². The summed E-state index contributed by atoms with van der Waals surface area (Å²) in [6, 6.07) is 3.45. The van der Waals surface area contributed by atoms with E-state index < -0.39 is 0 Å². The Kier molecular flexibility index (Phi) is 5.18. The Morgan fingerprint density at radius 2 is 2.00 bits per heavy atom. The second-order valence-electron chi connectivity index (χ2n) is 5.30. The molecule has 0 fully saturated rings. The molecule has 0 bridgehead atoms. The highest BCUT2D eigenvalue weighted by molar-refractivity contribution is 6.34. The highest BCUT2D eigenvalue weighted by Gasteiger charge is 2.21. The third kappa shape index (κ3) is 3.60. The summed E-state index contributed by atoms with van der Waals surface area (Å²) in [5.74, 6) is 0.0360. The molecule has 0 atom stereocenters. The van der Waals surface area contributed by atoms with Gasteiger partial charge in [0.05, 0.1) is 11.4 Å². The van der Waals surface area contributed by atoms with E-state index in [2.05, 4.69) is 12.2 Å². The Morgan fingerprint density at radius 3 is 2.75 bits per heavy atom. The molecule has 0 aromatic heterocycles. The predicted molar refractivity (Wildman–Crippen MR) is 81.5 cm³/mol. The van der Waals surface area contributed by atoms with Gasteiger partial charge in [-0.15, -0.1) is 0 Å². The molecule has 0 aliphatic carbocycles. The van der Waals surface area contributed by atoms with Gasteiger partial charge in [-0.05, 0) is 24.1 Å². The molecular weight excluding hydrogens is 274 g/mol. The van der Waals surface area contributed by atoms with Crippen LogP contribution in [0.25, 0.3) is 0 Å². The first kappa shape index (κ1) is 15.0. The maximum Gasteiger partial charge on any atom is 0.228 e. The van der Waals surface area contributed by atoms with Gasteiger partial charge in [0, 0.05) is 17.7 Å². The fraction of sp³-hybridized carbons (Fsp3) is 0.500. The van der Waals surface area contributed by atoms with E-state index in [9.17, 15) is 9.59 Å². The number of benzene rings is 1. The Balaban J connectivity index is 1.97. The van der Waals surface area contributed by atoms with Crippen LogP contribution in [0, 0.1) is 0 Å². The summed E-state index contributed by atoms with van der Waals surface area (Å²) in [5.41, 5.74) is 2.16. The standard InChI is InChI=1S/C16H20ClNO2/c1-2-3-4-5-6-7-15(19)12-8-11-9-16(20)18-14(11)10-13(12)17/h8,10H,2-7,9H2,1H3,(H,18,20). The molecule has 1 heterocycles. The van der Waals surface area contributed by atoms with Crippen molar-refractivity contribution < 1.29 is 9.59 Å². The minimum atomic E-state index is -0.0415. The summed E-state index contributed by atoms with van der Waals surface area (Å²) in [7, 11) is 0. The van der Waals surface area contributed by atoms with Gasteiger partial charge in [-0.25, -0.2) is 0 Å². The first-order valence-electron chi connectivity index (χ1n) is 7.27. The number of carbonyl (C=O) groups excluding carboxylic acids is 2. The second kappa shape index (κ2) is 6.89. The largest absolute Gasteiger partial charge is 0.325 e. The van der Waals surface area contributed by atoms with Crippen molar-refractivity contribution in [3.63, 3.8) is 0 Å². The molecule has 0 saturated carbocycles. The smallest absolute Gasteiger partial charge is 0.228 e. The van der Waals surface area contributed by atoms with Crippen LogP contribution in [-0.4, -0.2) is 11.7 Å². The molecule has 0 radical (unpaired) electrons. The van der Waals surface area contributed by atoms with Crippen LogP contribution in [0.1, 0.15) is 61.4 Å². The van der Waals surface area contributed by atoms with Gasteiger partial charge in [-0.3, -0.25) is 9.59 Å². The number of Topliss-reactive ketones (excluding diaryl/α,β-unsaturated/α-hetero) is 1. The van der Waals surface area contributed by atoms with Gasteiger partial charge in [0.2, 0.25) is 5.91 Å². The number of amides is 1. The molecule has 2 rings (SSSR count). The highest BCUT2D eigenvalue weighted by Crippen LogP contribution is 2.30. The number of halogens is 1. The number of unbranched alkanes of at least 4 members (excludes halogenated alkanes) is 4. The molecular formula is C16H20ClNO2. The monoisotopic (exact) mass is 293 g/mol. The zero-order chi connectivity index (χ0) is 14.5. The van der Waals surface area contributed by atoms with Gasteiger partial charge in [0.1, 0.15) is 0 Å². The number of hydrogen-bond donors (Lipinski definition) is 1. The number of anilines is 1. The molecule has 0 spiro atoms. The molecule has 1 aliphatic heterocycles. The molecule has 1 aromatic carbocycles. The lowest BCUT2D eigenvalue weighted by atomic mass is 10.0. The number of ketones is 1. The van der Waals surface area contributed by atoms with Crippen LogP contribution in [0.3, 0.4) is 0 Å². The summed E-state index contributed by atoms with van der Waals surface area (Å²) in [4.78, 5) is 23.5. The molecule has 4 heteroatoms. The number of carbonyl (C=O) groups is 2. The third-order valence-electron chi connectivity index (χ3n) is 3.63. The van der Waals surface area contributed by atoms with E-state index in [0.29, 0.717) is 23.4 Å². The van der Waals surface area contributed by atoms with Crippen molar-refractivity contribution in [2.75, 3.05) is 5.32 Å². The topological polar surface area (TPSA) is 46.2 Å². The van der Waals surface area contributed by atoms with E-state index in [-0.39, 0.29) is 11.7 Å². The van der Waals surface area contributed by atoms with Crippen LogP contribution >= 0.6 is 11.6 Å². The molecule has 20 heavy (non-hydrogen) atoms. The lowest BCUT2D eigenvalue weighted by molar-refractivity contribution is -0.115. The number of nitrogens with one attached hydrogen (secondary N) is 1. The van der Waals surface area contributed by atoms with Gasteiger partial charge in [0.25, 0.3) is 0 Å². The minimum absolute atomic E-state index is 0.0415. The molecule has 108 valence electrons. The van der Waals surface area contributed by atoms with Crippen LogP contribution in [-0.2, 0) is 11.2 Å². The van der Waals surface area contributed by atoms with Crippen molar-refractivity contribution >= 4 is 29.0 Å². The van der Waals surface area contributed by atoms with Crippen LogP contribution in [0.5, 0.6) is 0 Å². The fourth-order valence-corrected chi connectivity index (χ4v) is 2.75. The van der Waals surface area contributed by atoms with Crippen molar-refractivity contribution in [1.29, 1.82) is 0 Å². The first-order chi connectivity index (χ1) is 9.61. The van der Waals surface area contributed by atoms with E-state index in [4.69, 9.17) is 11.6 Å². The van der Waals surface area contributed by atoms with Gasteiger partial charge in [-0.1, -0.05) is 44.2 Å². The molecule has 0 unspecified atom stereocenters. The zero-order valence-electron chi connectivity index (χ0n) is 11.8. The van der Waals surface area contributed by atoms with Gasteiger partial charge in [-0.2, -0.15) is 0 Å². The molecule has 1 amide bonds. The van der Waals surface area contributed by atoms with Gasteiger partial charge < -0.3 is 5.32 Å². The van der Waals surface area contributed by atoms with Crippen LogP contribution in [0.2, 0.25) is 5.02 Å². The zero-order valence-corrected chi connectivity index (χ0v) is 12.6. The Labute approximate surface area is 124 Å². The summed E-state index contributed by atoms with van der Waals surface area (Å²) in [5, 5.41) is 3.17. The average molecular weight is 294 g/mol. The summed E-state index contributed by atoms with van der Waals surface area (Å²) < 4.78 is 0. The Hall–Kier alpha value is -1.35. The molecule has 1 aromatic rings. The van der Waals surface area contributed by atoms with Crippen molar-refractivity contribution in [1.82, 2.24) is 0 Å². The predicted octanol–water partition coefficient (Wildman–Crippen LogP) is 4.38. The number of rotatable bonds is 7. The van der Waals surface area contributed by atoms with E-state index >= 15 is 0 Å². The number of hydrogen-bond acceptors (Lipinski definition) is 2. The molecule has 1 N–H and O–H groups in total. The van der Waals surface area contributed by atoms with Gasteiger partial charge >= 0.3 is 0 Å². The lowest BCUT2D eigenvalue weighted by Gasteiger charge is -2.07. The summed E-state index contributed by atoms with van der Waals surface area (Å²) in [6.45, 7) is 2.17.